The summed E-state index contributed by atoms with van der Waals surface area (Å²) in [6.45, 7) is 0.159. The number of para-hydroxylation sites is 1. The normalized spacial score (nSPS) is 16.1. The third-order valence-electron chi connectivity index (χ3n) is 3.71. The first-order chi connectivity index (χ1) is 11.2. The molecule has 120 valence electrons. The second-order valence-electron chi connectivity index (χ2n) is 5.18. The van der Waals surface area contributed by atoms with Crippen molar-refractivity contribution in [1.29, 1.82) is 0 Å². The van der Waals surface area contributed by atoms with Gasteiger partial charge >= 0.3 is 11.9 Å². The number of fused-ring (bicyclic) bond motifs is 1. The Morgan fingerprint density at radius 2 is 2.09 bits per heavy atom. The Labute approximate surface area is 132 Å². The van der Waals surface area contributed by atoms with E-state index in [1.807, 2.05) is 24.3 Å². The number of esters is 2. The van der Waals surface area contributed by atoms with Crippen LogP contribution < -0.4 is 4.74 Å². The zero-order valence-electron chi connectivity index (χ0n) is 12.6. The predicted molar refractivity (Wildman–Crippen MR) is 79.0 cm³/mol. The highest BCUT2D eigenvalue weighted by atomic mass is 16.5. The first-order valence-corrected chi connectivity index (χ1v) is 7.21. The molecular weight excluding hydrogens is 300 g/mol. The van der Waals surface area contributed by atoms with Crippen molar-refractivity contribution in [3.63, 3.8) is 0 Å². The van der Waals surface area contributed by atoms with Gasteiger partial charge in [0, 0.05) is 0 Å². The summed E-state index contributed by atoms with van der Waals surface area (Å²) in [4.78, 5) is 23.7. The molecule has 1 unspecified atom stereocenters. The van der Waals surface area contributed by atoms with E-state index in [2.05, 4.69) is 4.74 Å². The van der Waals surface area contributed by atoms with Crippen molar-refractivity contribution in [2.24, 2.45) is 5.92 Å². The lowest BCUT2D eigenvalue weighted by molar-refractivity contribution is -0.151. The fourth-order valence-corrected chi connectivity index (χ4v) is 2.48. The van der Waals surface area contributed by atoms with Gasteiger partial charge in [-0.2, -0.15) is 0 Å². The van der Waals surface area contributed by atoms with Gasteiger partial charge in [0.25, 0.3) is 0 Å². The molecule has 6 heteroatoms. The fraction of sp³-hybridized carbons (Fsp3) is 0.294. The monoisotopic (exact) mass is 316 g/mol. The van der Waals surface area contributed by atoms with Crippen LogP contribution in [0.1, 0.15) is 21.7 Å². The van der Waals surface area contributed by atoms with Crippen molar-refractivity contribution in [2.75, 3.05) is 13.7 Å². The lowest BCUT2D eigenvalue weighted by Gasteiger charge is -2.23. The molecule has 2 heterocycles. The van der Waals surface area contributed by atoms with Crippen LogP contribution in [-0.4, -0.2) is 25.7 Å². The van der Waals surface area contributed by atoms with Gasteiger partial charge in [-0.1, -0.05) is 18.2 Å². The summed E-state index contributed by atoms with van der Waals surface area (Å²) in [7, 11) is 1.28. The van der Waals surface area contributed by atoms with Crippen LogP contribution in [-0.2, 0) is 27.3 Å². The fourth-order valence-electron chi connectivity index (χ4n) is 2.48. The van der Waals surface area contributed by atoms with Crippen LogP contribution in [0.3, 0.4) is 0 Å². The number of ether oxygens (including phenoxy) is 3. The number of hydrogen-bond acceptors (Lipinski definition) is 6. The SMILES string of the molecule is COC(=O)c1ccoc1COC(=O)C1COc2ccccc2C1. The van der Waals surface area contributed by atoms with Gasteiger partial charge in [-0.3, -0.25) is 4.79 Å². The van der Waals surface area contributed by atoms with E-state index in [9.17, 15) is 9.59 Å². The average molecular weight is 316 g/mol. The van der Waals surface area contributed by atoms with Gasteiger partial charge in [-0.15, -0.1) is 0 Å². The van der Waals surface area contributed by atoms with Gasteiger partial charge in [0.15, 0.2) is 5.76 Å². The van der Waals surface area contributed by atoms with Crippen LogP contribution in [0, 0.1) is 5.92 Å². The molecule has 0 saturated heterocycles. The van der Waals surface area contributed by atoms with Crippen molar-refractivity contribution < 1.29 is 28.2 Å². The van der Waals surface area contributed by atoms with E-state index in [0.29, 0.717) is 6.42 Å². The average Bonchev–Trinajstić information content (AvgIpc) is 3.07. The number of benzene rings is 1. The molecule has 0 saturated carbocycles. The van der Waals surface area contributed by atoms with Crippen LogP contribution >= 0.6 is 0 Å². The van der Waals surface area contributed by atoms with Crippen molar-refractivity contribution in [1.82, 2.24) is 0 Å². The second-order valence-corrected chi connectivity index (χ2v) is 5.18. The standard InChI is InChI=1S/C17H16O6/c1-20-17(19)13-6-7-21-15(13)10-23-16(18)12-8-11-4-2-3-5-14(11)22-9-12/h2-7,12H,8-10H2,1H3. The van der Waals surface area contributed by atoms with E-state index in [4.69, 9.17) is 13.9 Å². The maximum atomic E-state index is 12.2. The van der Waals surface area contributed by atoms with Gasteiger partial charge in [-0.05, 0) is 24.1 Å². The summed E-state index contributed by atoms with van der Waals surface area (Å²) in [5, 5.41) is 0. The minimum Gasteiger partial charge on any atom is -0.492 e. The lowest BCUT2D eigenvalue weighted by Crippen LogP contribution is -2.29. The molecule has 2 aromatic rings. The van der Waals surface area contributed by atoms with Crippen molar-refractivity contribution in [3.05, 3.63) is 53.5 Å². The Bertz CT molecular complexity index is 717. The van der Waals surface area contributed by atoms with Crippen molar-refractivity contribution >= 4 is 11.9 Å². The highest BCUT2D eigenvalue weighted by molar-refractivity contribution is 5.90. The van der Waals surface area contributed by atoms with Crippen LogP contribution in [0.25, 0.3) is 0 Å². The van der Waals surface area contributed by atoms with Crippen molar-refractivity contribution in [3.8, 4) is 5.75 Å². The van der Waals surface area contributed by atoms with E-state index in [1.165, 1.54) is 19.4 Å². The zero-order valence-corrected chi connectivity index (χ0v) is 12.6. The third kappa shape index (κ3) is 3.21. The number of furan rings is 1. The van der Waals surface area contributed by atoms with E-state index < -0.39 is 5.97 Å². The van der Waals surface area contributed by atoms with Crippen LogP contribution in [0.5, 0.6) is 5.75 Å². The number of carbonyl (C=O) groups is 2. The summed E-state index contributed by atoms with van der Waals surface area (Å²) in [6.07, 6.45) is 1.92. The smallest absolute Gasteiger partial charge is 0.341 e. The number of methoxy groups -OCH3 is 1. The Morgan fingerprint density at radius 3 is 2.91 bits per heavy atom. The predicted octanol–water partition coefficient (Wildman–Crippen LogP) is 2.36. The molecule has 23 heavy (non-hydrogen) atoms. The second kappa shape index (κ2) is 6.56. The summed E-state index contributed by atoms with van der Waals surface area (Å²) in [6, 6.07) is 9.08. The molecule has 0 amide bonds. The molecule has 1 aliphatic rings. The lowest BCUT2D eigenvalue weighted by atomic mass is 9.97. The molecule has 1 atom stereocenters. The van der Waals surface area contributed by atoms with Gasteiger partial charge in [-0.25, -0.2) is 4.79 Å². The maximum Gasteiger partial charge on any atom is 0.341 e. The number of carbonyl (C=O) groups excluding carboxylic acids is 2. The molecule has 0 fully saturated rings. The molecule has 0 radical (unpaired) electrons. The van der Waals surface area contributed by atoms with E-state index >= 15 is 0 Å². The highest BCUT2D eigenvalue weighted by Gasteiger charge is 2.27. The molecule has 6 nitrogen and oxygen atoms in total. The van der Waals surface area contributed by atoms with Gasteiger partial charge in [0.05, 0.1) is 19.3 Å². The molecular formula is C17H16O6. The highest BCUT2D eigenvalue weighted by Crippen LogP contribution is 2.27. The van der Waals surface area contributed by atoms with Crippen LogP contribution in [0.15, 0.2) is 41.0 Å². The van der Waals surface area contributed by atoms with Gasteiger partial charge in [0.1, 0.15) is 24.5 Å². The number of rotatable bonds is 4. The summed E-state index contributed by atoms with van der Waals surface area (Å²) < 4.78 is 20.6. The molecule has 0 aliphatic carbocycles. The maximum absolute atomic E-state index is 12.2. The molecule has 3 rings (SSSR count). The summed E-state index contributed by atoms with van der Waals surface area (Å²) >= 11 is 0. The first kappa shape index (κ1) is 15.1. The van der Waals surface area contributed by atoms with Crippen molar-refractivity contribution in [2.45, 2.75) is 13.0 Å². The third-order valence-corrected chi connectivity index (χ3v) is 3.71. The minimum atomic E-state index is -0.528. The summed E-state index contributed by atoms with van der Waals surface area (Å²) in [5.74, 6) is -0.217. The molecule has 1 aliphatic heterocycles. The largest absolute Gasteiger partial charge is 0.492 e. The molecule has 1 aromatic heterocycles. The zero-order chi connectivity index (χ0) is 16.2. The molecule has 1 aromatic carbocycles. The Hall–Kier alpha value is -2.76. The Morgan fingerprint density at radius 1 is 1.26 bits per heavy atom. The Kier molecular flexibility index (Phi) is 4.32. The first-order valence-electron chi connectivity index (χ1n) is 7.21. The van der Waals surface area contributed by atoms with Gasteiger partial charge in [0.2, 0.25) is 0 Å². The molecule has 0 spiro atoms. The van der Waals surface area contributed by atoms with Crippen LogP contribution in [0.2, 0.25) is 0 Å². The topological polar surface area (TPSA) is 75.0 Å². The minimum absolute atomic E-state index is 0.117. The number of hydrogen-bond donors (Lipinski definition) is 0. The quantitative estimate of drug-likeness (QED) is 0.806. The Balaban J connectivity index is 1.61. The molecule has 0 N–H and O–H groups in total. The van der Waals surface area contributed by atoms with Crippen LogP contribution in [0.4, 0.5) is 0 Å². The van der Waals surface area contributed by atoms with E-state index in [0.717, 1.165) is 11.3 Å². The molecule has 0 bridgehead atoms. The van der Waals surface area contributed by atoms with E-state index in [1.54, 1.807) is 0 Å². The van der Waals surface area contributed by atoms with Gasteiger partial charge < -0.3 is 18.6 Å². The van der Waals surface area contributed by atoms with E-state index in [-0.39, 0.29) is 36.4 Å². The summed E-state index contributed by atoms with van der Waals surface area (Å²) in [5.41, 5.74) is 1.24.